The van der Waals surface area contributed by atoms with Crippen molar-refractivity contribution in [3.05, 3.63) is 75.9 Å². The van der Waals surface area contributed by atoms with Gasteiger partial charge in [-0.15, -0.1) is 26.3 Å². The van der Waals surface area contributed by atoms with Crippen LogP contribution < -0.4 is 0 Å². The van der Waals surface area contributed by atoms with Crippen LogP contribution in [0.1, 0.15) is 70.2 Å². The molecule has 3 rings (SSSR count). The van der Waals surface area contributed by atoms with Gasteiger partial charge >= 0.3 is 37.1 Å². The Labute approximate surface area is 308 Å². The number of halogens is 1. The van der Waals surface area contributed by atoms with Gasteiger partial charge in [0.2, 0.25) is 0 Å². The fourth-order valence-corrected chi connectivity index (χ4v) is 4.91. The first-order valence-corrected chi connectivity index (χ1v) is 15.2. The van der Waals surface area contributed by atoms with Crippen molar-refractivity contribution in [2.75, 3.05) is 39.6 Å². The summed E-state index contributed by atoms with van der Waals surface area (Å²) in [4.78, 5) is 20.1. The summed E-state index contributed by atoms with van der Waals surface area (Å²) in [6.45, 7) is 24.9. The summed E-state index contributed by atoms with van der Waals surface area (Å²) in [6.07, 6.45) is 14.1. The zero-order valence-corrected chi connectivity index (χ0v) is 26.1. The summed E-state index contributed by atoms with van der Waals surface area (Å²) in [7, 11) is 4.20. The first-order valence-electron chi connectivity index (χ1n) is 13.9. The normalized spacial score (nSPS) is 24.1. The Morgan fingerprint density at radius 1 is 0.729 bits per heavy atom. The molecule has 2 aliphatic carbocycles. The van der Waals surface area contributed by atoms with Gasteiger partial charge in [0.1, 0.15) is 18.8 Å². The predicted molar refractivity (Wildman–Crippen MR) is 203 cm³/mol. The maximum atomic E-state index is 10.8. The molecule has 0 bridgehead atoms. The van der Waals surface area contributed by atoms with Gasteiger partial charge in [-0.2, -0.15) is 0 Å². The Balaban J connectivity index is -0.000000108. The van der Waals surface area contributed by atoms with Crippen LogP contribution in [0.15, 0.2) is 75.9 Å². The molecule has 8 nitrogen and oxygen atoms in total. The second kappa shape index (κ2) is 37.8. The molecule has 3 fully saturated rings. The minimum atomic E-state index is -0.981. The number of carbonyl (C=O) groups excluding carboxylic acids is 1. The Hall–Kier alpha value is -1.97. The fraction of sp³-hybridized carbons (Fsp3) is 0.632. The topological polar surface area (TPSA) is 115 Å². The van der Waals surface area contributed by atoms with E-state index >= 15 is 0 Å². The van der Waals surface area contributed by atoms with Crippen molar-refractivity contribution >= 4 is 22.0 Å². The molecule has 0 spiro atoms. The summed E-state index contributed by atoms with van der Waals surface area (Å²) in [6, 6.07) is 0. The predicted octanol–water partition coefficient (Wildman–Crippen LogP) is 9.28. The first-order chi connectivity index (χ1) is 20.2. The number of carboxylic acids is 1. The third-order valence-corrected chi connectivity index (χ3v) is 7.28. The van der Waals surface area contributed by atoms with Crippen molar-refractivity contribution < 1.29 is 53.9 Å². The number of hydrogen-bond donors (Lipinski definition) is 2. The maximum absolute atomic E-state index is 10.8. The van der Waals surface area contributed by atoms with Crippen molar-refractivity contribution in [2.24, 2.45) is 35.5 Å². The molecule has 8 atom stereocenters. The van der Waals surface area contributed by atoms with Crippen LogP contribution in [-0.2, 0) is 43.6 Å². The van der Waals surface area contributed by atoms with Gasteiger partial charge in [-0.1, -0.05) is 82.0 Å². The molecule has 0 radical (unpaired) electrons. The zero-order chi connectivity index (χ0) is 31.9. The van der Waals surface area contributed by atoms with Crippen LogP contribution in [0.25, 0.3) is 0 Å². The molecule has 2 saturated carbocycles. The number of aliphatic hydroxyl groups is 1. The summed E-state index contributed by atoms with van der Waals surface area (Å²) in [5, 5.41) is 17.2. The van der Waals surface area contributed by atoms with Crippen molar-refractivity contribution in [1.82, 2.24) is 0 Å². The van der Waals surface area contributed by atoms with Gasteiger partial charge in [0.15, 0.2) is 0 Å². The van der Waals surface area contributed by atoms with Gasteiger partial charge in [-0.25, -0.2) is 9.59 Å². The molecule has 8 unspecified atom stereocenters. The van der Waals surface area contributed by atoms with E-state index in [0.717, 1.165) is 44.8 Å². The fourth-order valence-electron chi connectivity index (χ4n) is 4.91. The van der Waals surface area contributed by atoms with Crippen molar-refractivity contribution in [2.45, 2.75) is 82.5 Å². The minimum absolute atomic E-state index is 0. The molecule has 0 amide bonds. The Morgan fingerprint density at radius 2 is 1.15 bits per heavy atom. The molecule has 1 aliphatic heterocycles. The number of epoxide rings is 1. The molecule has 48 heavy (non-hydrogen) atoms. The van der Waals surface area contributed by atoms with E-state index in [2.05, 4.69) is 76.8 Å². The van der Waals surface area contributed by atoms with Crippen LogP contribution in [-0.4, -0.2) is 74.0 Å². The van der Waals surface area contributed by atoms with Crippen LogP contribution in [0.3, 0.4) is 0 Å². The van der Waals surface area contributed by atoms with Gasteiger partial charge in [0.25, 0.3) is 0 Å². The molecule has 0 aromatic rings. The summed E-state index contributed by atoms with van der Waals surface area (Å²) in [5.41, 5.74) is 0. The summed E-state index contributed by atoms with van der Waals surface area (Å²) >= 11 is 3.66. The SMILES string of the molecule is C.C.C.C.C.C.C=CC(=O)O.C=CC(=O)OCC(O)COCC1CC(C=C)CC1C=C.C=CC1CC(C=C)C(COCC2CO2)C1.[Cl][Cu]. The average Bonchev–Trinajstić information content (AvgIpc) is 3.61. The van der Waals surface area contributed by atoms with E-state index in [4.69, 9.17) is 24.1 Å². The van der Waals surface area contributed by atoms with Crippen LogP contribution in [0.2, 0.25) is 0 Å². The number of carbonyl (C=O) groups is 2. The third kappa shape index (κ3) is 27.9. The Bertz CT molecular complexity index is 849. The average molecular weight is 756 g/mol. The number of aliphatic hydroxyl groups excluding tert-OH is 1. The Kier molecular flexibility index (Phi) is 48.3. The van der Waals surface area contributed by atoms with Gasteiger partial charge in [-0.3, -0.25) is 0 Å². The molecule has 1 heterocycles. The third-order valence-electron chi connectivity index (χ3n) is 7.28. The second-order valence-electron chi connectivity index (χ2n) is 10.3. The molecule has 2 N–H and O–H groups in total. The first kappa shape index (κ1) is 61.3. The number of carboxylic acid groups (broad SMARTS) is 1. The number of rotatable bonds is 16. The van der Waals surface area contributed by atoms with E-state index in [1.165, 1.54) is 12.8 Å². The molecular weight excluding hydrogens is 683 g/mol. The number of allylic oxidation sites excluding steroid dienone is 4. The van der Waals surface area contributed by atoms with Crippen LogP contribution in [0, 0.1) is 35.5 Å². The van der Waals surface area contributed by atoms with E-state index in [1.807, 2.05) is 12.2 Å². The summed E-state index contributed by atoms with van der Waals surface area (Å²) < 4.78 is 21.0. The van der Waals surface area contributed by atoms with Gasteiger partial charge in [0.05, 0.1) is 33.0 Å². The van der Waals surface area contributed by atoms with E-state index in [0.29, 0.717) is 48.2 Å². The van der Waals surface area contributed by atoms with Gasteiger partial charge in [-0.05, 0) is 61.2 Å². The number of esters is 1. The molecule has 0 aromatic carbocycles. The zero-order valence-electron chi connectivity index (χ0n) is 24.4. The molecular formula is C38H72ClCuO8. The molecule has 3 aliphatic rings. The number of aliphatic carboxylic acids is 1. The van der Waals surface area contributed by atoms with E-state index < -0.39 is 18.0 Å². The van der Waals surface area contributed by atoms with Crippen LogP contribution >= 0.6 is 10.1 Å². The number of ether oxygens (including phenoxy) is 4. The van der Waals surface area contributed by atoms with Crippen LogP contribution in [0.5, 0.6) is 0 Å². The molecule has 1 saturated heterocycles. The van der Waals surface area contributed by atoms with Gasteiger partial charge < -0.3 is 29.2 Å². The van der Waals surface area contributed by atoms with Gasteiger partial charge in [0, 0.05) is 12.2 Å². The summed E-state index contributed by atoms with van der Waals surface area (Å²) in [5.74, 6) is 1.73. The Morgan fingerprint density at radius 3 is 1.48 bits per heavy atom. The van der Waals surface area contributed by atoms with Crippen molar-refractivity contribution in [1.29, 1.82) is 0 Å². The van der Waals surface area contributed by atoms with E-state index in [9.17, 15) is 14.7 Å². The van der Waals surface area contributed by atoms with Crippen molar-refractivity contribution in [3.8, 4) is 0 Å². The molecule has 0 aromatic heterocycles. The van der Waals surface area contributed by atoms with E-state index in [-0.39, 0.29) is 57.8 Å². The van der Waals surface area contributed by atoms with E-state index in [1.54, 1.807) is 0 Å². The van der Waals surface area contributed by atoms with Crippen LogP contribution in [0.4, 0.5) is 0 Å². The standard InChI is InChI=1S/C16H24O4.C13H20O2.C3H4O2.6CH4.ClH.Cu/c1-4-12-7-13(5-2)14(8-12)9-19-10-15(17)11-20-16(18)6-3;1-3-10-5-11(4-2)12(6-10)7-14-8-13-9-15-13;1-2-3(4)5;;;;;;;;/h4-6,12-15,17H,1-3,7-11H2;3-4,10-13H,1-2,5-9H2;2H,1H2,(H,4,5);6*1H4;1H;/q;;;;;;;;;;+1/p-1. The molecule has 290 valence electrons. The quantitative estimate of drug-likeness (QED) is 0.0527. The number of hydrogen-bond acceptors (Lipinski definition) is 7. The molecule has 10 heteroatoms. The monoisotopic (exact) mass is 754 g/mol. The second-order valence-corrected chi connectivity index (χ2v) is 10.3. The van der Waals surface area contributed by atoms with Crippen molar-refractivity contribution in [3.63, 3.8) is 0 Å².